The van der Waals surface area contributed by atoms with Crippen molar-refractivity contribution in [3.05, 3.63) is 58.9 Å². The van der Waals surface area contributed by atoms with Gasteiger partial charge in [0, 0.05) is 11.6 Å². The predicted molar refractivity (Wildman–Crippen MR) is 84.3 cm³/mol. The summed E-state index contributed by atoms with van der Waals surface area (Å²) in [5, 5.41) is 0. The van der Waals surface area contributed by atoms with E-state index in [-0.39, 0.29) is 11.9 Å². The van der Waals surface area contributed by atoms with Crippen molar-refractivity contribution in [2.75, 3.05) is 0 Å². The fraction of sp³-hybridized carbons (Fsp3) is 0.333. The maximum Gasteiger partial charge on any atom is 0.132 e. The van der Waals surface area contributed by atoms with E-state index < -0.39 is 0 Å². The molecule has 2 aromatic carbocycles. The highest BCUT2D eigenvalue weighted by Gasteiger charge is 2.14. The normalized spacial score (nSPS) is 12.5. The topological polar surface area (TPSA) is 35.2 Å². The van der Waals surface area contributed by atoms with E-state index in [1.54, 1.807) is 6.07 Å². The van der Waals surface area contributed by atoms with Crippen LogP contribution in [0.15, 0.2) is 36.4 Å². The second-order valence-electron chi connectivity index (χ2n) is 5.77. The molecule has 0 aromatic heterocycles. The molecule has 112 valence electrons. The largest absolute Gasteiger partial charge is 0.457 e. The van der Waals surface area contributed by atoms with Crippen molar-refractivity contribution in [2.45, 2.75) is 39.7 Å². The molecule has 3 heteroatoms. The maximum absolute atomic E-state index is 13.4. The second-order valence-corrected chi connectivity index (χ2v) is 5.77. The number of ether oxygens (including phenoxy) is 1. The molecule has 0 radical (unpaired) electrons. The first kappa shape index (κ1) is 15.5. The van der Waals surface area contributed by atoms with Crippen molar-refractivity contribution >= 4 is 0 Å². The third-order valence-corrected chi connectivity index (χ3v) is 3.47. The number of halogens is 1. The molecule has 0 aliphatic carbocycles. The third-order valence-electron chi connectivity index (χ3n) is 3.47. The Balaban J connectivity index is 2.45. The van der Waals surface area contributed by atoms with Crippen molar-refractivity contribution in [1.82, 2.24) is 0 Å². The van der Waals surface area contributed by atoms with Crippen LogP contribution in [-0.2, 0) is 0 Å². The number of hydrogen-bond acceptors (Lipinski definition) is 2. The Bertz CT molecular complexity index is 635. The molecule has 0 saturated heterocycles. The Morgan fingerprint density at radius 1 is 0.952 bits per heavy atom. The van der Waals surface area contributed by atoms with Crippen LogP contribution in [0.5, 0.6) is 11.5 Å². The first-order valence-corrected chi connectivity index (χ1v) is 7.22. The molecule has 2 nitrogen and oxygen atoms in total. The molecule has 0 fully saturated rings. The van der Waals surface area contributed by atoms with Gasteiger partial charge in [-0.3, -0.25) is 0 Å². The van der Waals surface area contributed by atoms with E-state index in [1.165, 1.54) is 12.1 Å². The minimum absolute atomic E-state index is 0.289. The Labute approximate surface area is 125 Å². The zero-order valence-electron chi connectivity index (χ0n) is 13.0. The van der Waals surface area contributed by atoms with Gasteiger partial charge in [-0.25, -0.2) is 4.39 Å². The van der Waals surface area contributed by atoms with Crippen molar-refractivity contribution in [2.24, 2.45) is 5.73 Å². The number of benzene rings is 2. The summed E-state index contributed by atoms with van der Waals surface area (Å²) in [6.45, 7) is 8.08. The van der Waals surface area contributed by atoms with E-state index in [4.69, 9.17) is 10.5 Å². The standard InChI is InChI=1S/C18H22FNO/c1-11(2)15-7-5-12(3)9-18(15)21-17-8-6-14(19)10-16(17)13(4)20/h5-11,13H,20H2,1-4H3/t13-/m0/s1. The van der Waals surface area contributed by atoms with Crippen LogP contribution in [0.3, 0.4) is 0 Å². The van der Waals surface area contributed by atoms with Crippen LogP contribution in [0.2, 0.25) is 0 Å². The van der Waals surface area contributed by atoms with E-state index in [0.717, 1.165) is 16.9 Å². The van der Waals surface area contributed by atoms with Gasteiger partial charge in [0.25, 0.3) is 0 Å². The minimum atomic E-state index is -0.303. The van der Waals surface area contributed by atoms with Gasteiger partial charge in [-0.2, -0.15) is 0 Å². The van der Waals surface area contributed by atoms with Gasteiger partial charge in [0.05, 0.1) is 0 Å². The van der Waals surface area contributed by atoms with Gasteiger partial charge >= 0.3 is 0 Å². The fourth-order valence-corrected chi connectivity index (χ4v) is 2.29. The first-order valence-electron chi connectivity index (χ1n) is 7.22. The van der Waals surface area contributed by atoms with Gasteiger partial charge < -0.3 is 10.5 Å². The third kappa shape index (κ3) is 3.61. The molecule has 0 unspecified atom stereocenters. The molecule has 2 rings (SSSR count). The average molecular weight is 287 g/mol. The SMILES string of the molecule is Cc1ccc(C(C)C)c(Oc2ccc(F)cc2[C@H](C)N)c1. The molecule has 0 saturated carbocycles. The molecule has 21 heavy (non-hydrogen) atoms. The highest BCUT2D eigenvalue weighted by Crippen LogP contribution is 2.34. The average Bonchev–Trinajstić information content (AvgIpc) is 2.40. The van der Waals surface area contributed by atoms with Gasteiger partial charge in [0.15, 0.2) is 0 Å². The molecule has 0 heterocycles. The summed E-state index contributed by atoms with van der Waals surface area (Å²) < 4.78 is 19.5. The fourth-order valence-electron chi connectivity index (χ4n) is 2.29. The molecule has 2 aromatic rings. The number of nitrogens with two attached hydrogens (primary N) is 1. The summed E-state index contributed by atoms with van der Waals surface area (Å²) >= 11 is 0. The van der Waals surface area contributed by atoms with E-state index in [9.17, 15) is 4.39 Å². The smallest absolute Gasteiger partial charge is 0.132 e. The monoisotopic (exact) mass is 287 g/mol. The van der Waals surface area contributed by atoms with Gasteiger partial charge in [-0.15, -0.1) is 0 Å². The Kier molecular flexibility index (Phi) is 4.63. The van der Waals surface area contributed by atoms with Crippen LogP contribution in [0.25, 0.3) is 0 Å². The van der Waals surface area contributed by atoms with Crippen molar-refractivity contribution in [3.63, 3.8) is 0 Å². The number of hydrogen-bond donors (Lipinski definition) is 1. The van der Waals surface area contributed by atoms with Crippen LogP contribution >= 0.6 is 0 Å². The lowest BCUT2D eigenvalue weighted by Crippen LogP contribution is -2.07. The van der Waals surface area contributed by atoms with Crippen molar-refractivity contribution in [1.29, 1.82) is 0 Å². The zero-order valence-corrected chi connectivity index (χ0v) is 13.0. The highest BCUT2D eigenvalue weighted by atomic mass is 19.1. The summed E-state index contributed by atoms with van der Waals surface area (Å²) in [6.07, 6.45) is 0. The quantitative estimate of drug-likeness (QED) is 0.852. The lowest BCUT2D eigenvalue weighted by molar-refractivity contribution is 0.460. The number of rotatable bonds is 4. The Morgan fingerprint density at radius 2 is 1.67 bits per heavy atom. The zero-order chi connectivity index (χ0) is 15.6. The van der Waals surface area contributed by atoms with Gasteiger partial charge in [-0.05, 0) is 55.2 Å². The summed E-state index contributed by atoms with van der Waals surface area (Å²) in [5.41, 5.74) is 8.84. The van der Waals surface area contributed by atoms with E-state index in [1.807, 2.05) is 19.9 Å². The molecule has 0 aliphatic rings. The molecule has 0 aliphatic heterocycles. The summed E-state index contributed by atoms with van der Waals surface area (Å²) in [5.74, 6) is 1.46. The van der Waals surface area contributed by atoms with Crippen LogP contribution in [0.4, 0.5) is 4.39 Å². The lowest BCUT2D eigenvalue weighted by atomic mass is 10.0. The molecule has 0 bridgehead atoms. The molecular weight excluding hydrogens is 265 g/mol. The van der Waals surface area contributed by atoms with E-state index in [2.05, 4.69) is 26.0 Å². The first-order chi connectivity index (χ1) is 9.88. The summed E-state index contributed by atoms with van der Waals surface area (Å²) in [4.78, 5) is 0. The van der Waals surface area contributed by atoms with Crippen LogP contribution in [-0.4, -0.2) is 0 Å². The van der Waals surface area contributed by atoms with E-state index in [0.29, 0.717) is 17.2 Å². The Morgan fingerprint density at radius 3 is 2.29 bits per heavy atom. The predicted octanol–water partition coefficient (Wildman–Crippen LogP) is 5.07. The maximum atomic E-state index is 13.4. The number of aryl methyl sites for hydroxylation is 1. The van der Waals surface area contributed by atoms with Gasteiger partial charge in [0.1, 0.15) is 17.3 Å². The molecule has 1 atom stereocenters. The molecule has 0 amide bonds. The minimum Gasteiger partial charge on any atom is -0.457 e. The van der Waals surface area contributed by atoms with Gasteiger partial charge in [0.2, 0.25) is 0 Å². The lowest BCUT2D eigenvalue weighted by Gasteiger charge is -2.18. The summed E-state index contributed by atoms with van der Waals surface area (Å²) in [7, 11) is 0. The van der Waals surface area contributed by atoms with Crippen LogP contribution < -0.4 is 10.5 Å². The second kappa shape index (κ2) is 6.27. The highest BCUT2D eigenvalue weighted by molar-refractivity contribution is 5.45. The molecule has 0 spiro atoms. The van der Waals surface area contributed by atoms with E-state index >= 15 is 0 Å². The van der Waals surface area contributed by atoms with Crippen molar-refractivity contribution in [3.8, 4) is 11.5 Å². The molecular formula is C18H22FNO. The Hall–Kier alpha value is -1.87. The molecule has 2 N–H and O–H groups in total. The van der Waals surface area contributed by atoms with Crippen molar-refractivity contribution < 1.29 is 9.13 Å². The van der Waals surface area contributed by atoms with Crippen LogP contribution in [0.1, 0.15) is 49.4 Å². The van der Waals surface area contributed by atoms with Crippen LogP contribution in [0, 0.1) is 12.7 Å². The van der Waals surface area contributed by atoms with Gasteiger partial charge in [-0.1, -0.05) is 26.0 Å². The summed E-state index contributed by atoms with van der Waals surface area (Å²) in [6, 6.07) is 10.3.